The van der Waals surface area contributed by atoms with Gasteiger partial charge in [-0.1, -0.05) is 0 Å². The Balaban J connectivity index is 1.66. The number of piperazine rings is 1. The monoisotopic (exact) mass is 277 g/mol. The smallest absolute Gasteiger partial charge is 0.303 e. The summed E-state index contributed by atoms with van der Waals surface area (Å²) in [6.45, 7) is 2.58. The maximum Gasteiger partial charge on any atom is 0.434 e. The fourth-order valence-corrected chi connectivity index (χ4v) is 3.63. The lowest BCUT2D eigenvalue weighted by Gasteiger charge is -2.55. The van der Waals surface area contributed by atoms with E-state index in [0.29, 0.717) is 23.6 Å². The Morgan fingerprint density at radius 2 is 2.06 bits per heavy atom. The molecule has 18 heavy (non-hydrogen) atoms. The average molecular weight is 277 g/mol. The van der Waals surface area contributed by atoms with Gasteiger partial charge in [0.2, 0.25) is 0 Å². The molecule has 4 rings (SSSR count). The van der Waals surface area contributed by atoms with Crippen molar-refractivity contribution >= 4 is 11.3 Å². The van der Waals surface area contributed by atoms with Crippen molar-refractivity contribution in [2.45, 2.75) is 31.2 Å². The molecule has 7 heteroatoms. The molecule has 4 heterocycles. The SMILES string of the molecule is CN1CC2CC(C1)N2Cc1nc(C(F)(F)F)cs1. The average Bonchev–Trinajstić information content (AvgIpc) is 2.73. The third-order valence-corrected chi connectivity index (χ3v) is 4.52. The highest BCUT2D eigenvalue weighted by molar-refractivity contribution is 7.09. The van der Waals surface area contributed by atoms with Gasteiger partial charge >= 0.3 is 6.18 Å². The molecule has 1 aromatic heterocycles. The van der Waals surface area contributed by atoms with E-state index in [1.54, 1.807) is 0 Å². The molecule has 3 aliphatic rings. The van der Waals surface area contributed by atoms with Gasteiger partial charge < -0.3 is 4.90 Å². The predicted molar refractivity (Wildman–Crippen MR) is 62.3 cm³/mol. The van der Waals surface area contributed by atoms with Crippen molar-refractivity contribution in [2.24, 2.45) is 0 Å². The summed E-state index contributed by atoms with van der Waals surface area (Å²) in [4.78, 5) is 8.24. The van der Waals surface area contributed by atoms with E-state index in [4.69, 9.17) is 0 Å². The molecule has 3 aliphatic heterocycles. The van der Waals surface area contributed by atoms with Crippen LogP contribution in [0.4, 0.5) is 13.2 Å². The summed E-state index contributed by atoms with van der Waals surface area (Å²) in [5.41, 5.74) is -0.759. The molecular formula is C11H14F3N3S. The molecule has 2 bridgehead atoms. The molecule has 1 aromatic rings. The Labute approximate surface area is 107 Å². The van der Waals surface area contributed by atoms with E-state index in [0.717, 1.165) is 29.8 Å². The van der Waals surface area contributed by atoms with Crippen LogP contribution in [0.3, 0.4) is 0 Å². The van der Waals surface area contributed by atoms with Crippen LogP contribution in [0.25, 0.3) is 0 Å². The largest absolute Gasteiger partial charge is 0.434 e. The van der Waals surface area contributed by atoms with Crippen molar-refractivity contribution in [3.63, 3.8) is 0 Å². The third kappa shape index (κ3) is 2.15. The van der Waals surface area contributed by atoms with Gasteiger partial charge in [-0.05, 0) is 13.5 Å². The lowest BCUT2D eigenvalue weighted by molar-refractivity contribution is -0.140. The molecule has 3 fully saturated rings. The molecule has 2 unspecified atom stereocenters. The number of rotatable bonds is 2. The van der Waals surface area contributed by atoms with Crippen LogP contribution < -0.4 is 0 Å². The van der Waals surface area contributed by atoms with Gasteiger partial charge in [-0.2, -0.15) is 13.2 Å². The minimum Gasteiger partial charge on any atom is -0.303 e. The number of likely N-dealkylation sites (N-methyl/N-ethyl adjacent to an activating group) is 1. The molecule has 3 saturated heterocycles. The van der Waals surface area contributed by atoms with Crippen LogP contribution in [0.15, 0.2) is 5.38 Å². The Kier molecular flexibility index (Phi) is 2.87. The van der Waals surface area contributed by atoms with Gasteiger partial charge in [0.05, 0.1) is 6.54 Å². The second-order valence-electron chi connectivity index (χ2n) is 5.06. The number of halogens is 3. The van der Waals surface area contributed by atoms with Crippen molar-refractivity contribution in [1.29, 1.82) is 0 Å². The maximum atomic E-state index is 12.4. The number of fused-ring (bicyclic) bond motifs is 2. The Bertz CT molecular complexity index is 433. The van der Waals surface area contributed by atoms with E-state index in [2.05, 4.69) is 21.8 Å². The van der Waals surface area contributed by atoms with Crippen LogP contribution in [0.5, 0.6) is 0 Å². The number of piperidine rings is 1. The van der Waals surface area contributed by atoms with Crippen LogP contribution in [-0.4, -0.2) is 47.0 Å². The number of hydrogen-bond donors (Lipinski definition) is 0. The summed E-state index contributed by atoms with van der Waals surface area (Å²) in [6, 6.07) is 0.985. The fourth-order valence-electron chi connectivity index (χ4n) is 2.83. The maximum absolute atomic E-state index is 12.4. The zero-order valence-electron chi connectivity index (χ0n) is 9.94. The first-order valence-electron chi connectivity index (χ1n) is 5.89. The summed E-state index contributed by atoms with van der Waals surface area (Å²) in [6.07, 6.45) is -3.15. The van der Waals surface area contributed by atoms with Crippen molar-refractivity contribution in [1.82, 2.24) is 14.8 Å². The third-order valence-electron chi connectivity index (χ3n) is 3.69. The normalized spacial score (nSPS) is 29.3. The predicted octanol–water partition coefficient (Wildman–Crippen LogP) is 2.05. The summed E-state index contributed by atoms with van der Waals surface area (Å²) in [5, 5.41) is 1.68. The van der Waals surface area contributed by atoms with Gasteiger partial charge in [-0.25, -0.2) is 4.98 Å². The minimum absolute atomic E-state index is 0.493. The second kappa shape index (κ2) is 4.18. The summed E-state index contributed by atoms with van der Waals surface area (Å²) >= 11 is 1.11. The van der Waals surface area contributed by atoms with Gasteiger partial charge in [-0.3, -0.25) is 4.90 Å². The highest BCUT2D eigenvalue weighted by atomic mass is 32.1. The first-order valence-corrected chi connectivity index (χ1v) is 6.77. The first kappa shape index (κ1) is 12.4. The Morgan fingerprint density at radius 3 is 2.61 bits per heavy atom. The first-order chi connectivity index (χ1) is 8.43. The van der Waals surface area contributed by atoms with Crippen LogP contribution in [-0.2, 0) is 12.7 Å². The van der Waals surface area contributed by atoms with E-state index in [1.807, 2.05) is 0 Å². The number of alkyl halides is 3. The van der Waals surface area contributed by atoms with Crippen molar-refractivity contribution in [3.8, 4) is 0 Å². The van der Waals surface area contributed by atoms with Crippen molar-refractivity contribution < 1.29 is 13.2 Å². The molecule has 0 amide bonds. The van der Waals surface area contributed by atoms with Gasteiger partial charge in [0, 0.05) is 30.6 Å². The van der Waals surface area contributed by atoms with E-state index >= 15 is 0 Å². The molecule has 0 aromatic carbocycles. The molecule has 0 saturated carbocycles. The van der Waals surface area contributed by atoms with Crippen LogP contribution >= 0.6 is 11.3 Å². The molecule has 2 atom stereocenters. The number of hydrogen-bond acceptors (Lipinski definition) is 4. The van der Waals surface area contributed by atoms with Gasteiger partial charge in [0.15, 0.2) is 5.69 Å². The van der Waals surface area contributed by atoms with Gasteiger partial charge in [0.1, 0.15) is 5.01 Å². The minimum atomic E-state index is -4.32. The summed E-state index contributed by atoms with van der Waals surface area (Å²) in [5.74, 6) is 0. The lowest BCUT2D eigenvalue weighted by atomic mass is 9.88. The number of thiazole rings is 1. The molecule has 3 nitrogen and oxygen atoms in total. The second-order valence-corrected chi connectivity index (χ2v) is 6.00. The molecular weight excluding hydrogens is 263 g/mol. The standard InChI is InChI=1S/C11H14F3N3S/c1-16-3-7-2-8(4-16)17(7)5-10-15-9(6-18-10)11(12,13)14/h6-8H,2-5H2,1H3. The molecule has 0 spiro atoms. The van der Waals surface area contributed by atoms with Gasteiger partial charge in [-0.15, -0.1) is 11.3 Å². The van der Waals surface area contributed by atoms with E-state index in [1.165, 1.54) is 6.42 Å². The van der Waals surface area contributed by atoms with E-state index in [-0.39, 0.29) is 0 Å². The summed E-state index contributed by atoms with van der Waals surface area (Å²) in [7, 11) is 2.08. The zero-order chi connectivity index (χ0) is 12.9. The Morgan fingerprint density at radius 1 is 1.39 bits per heavy atom. The number of nitrogens with zero attached hydrogens (tertiary/aromatic N) is 3. The molecule has 0 radical (unpaired) electrons. The molecule has 0 aliphatic carbocycles. The van der Waals surface area contributed by atoms with E-state index in [9.17, 15) is 13.2 Å². The van der Waals surface area contributed by atoms with Crippen molar-refractivity contribution in [2.75, 3.05) is 20.1 Å². The van der Waals surface area contributed by atoms with Crippen LogP contribution in [0.1, 0.15) is 17.1 Å². The summed E-state index contributed by atoms with van der Waals surface area (Å²) < 4.78 is 37.3. The number of aromatic nitrogens is 1. The molecule has 0 N–H and O–H groups in total. The van der Waals surface area contributed by atoms with Crippen LogP contribution in [0, 0.1) is 0 Å². The quantitative estimate of drug-likeness (QED) is 0.825. The fraction of sp³-hybridized carbons (Fsp3) is 0.727. The molecule has 100 valence electrons. The van der Waals surface area contributed by atoms with Crippen molar-refractivity contribution in [3.05, 3.63) is 16.1 Å². The highest BCUT2D eigenvalue weighted by Crippen LogP contribution is 2.35. The highest BCUT2D eigenvalue weighted by Gasteiger charge is 2.43. The lowest BCUT2D eigenvalue weighted by Crippen LogP contribution is -2.67. The Hall–Kier alpha value is -0.660. The van der Waals surface area contributed by atoms with E-state index < -0.39 is 11.9 Å². The topological polar surface area (TPSA) is 19.4 Å². The van der Waals surface area contributed by atoms with Crippen LogP contribution in [0.2, 0.25) is 0 Å². The zero-order valence-corrected chi connectivity index (χ0v) is 10.8. The van der Waals surface area contributed by atoms with Gasteiger partial charge in [0.25, 0.3) is 0 Å².